The van der Waals surface area contributed by atoms with Crippen LogP contribution in [0, 0.1) is 10.1 Å². The molecular formula is C22H21N5O3. The Morgan fingerprint density at radius 1 is 1.23 bits per heavy atom. The summed E-state index contributed by atoms with van der Waals surface area (Å²) in [5.41, 5.74) is 3.27. The fraction of sp³-hybridized carbons (Fsp3) is 0.227. The third kappa shape index (κ3) is 4.27. The van der Waals surface area contributed by atoms with E-state index < -0.39 is 6.04 Å². The molecule has 0 amide bonds. The number of fused-ring (bicyclic) bond motifs is 1. The lowest BCUT2D eigenvalue weighted by Crippen LogP contribution is -2.15. The van der Waals surface area contributed by atoms with Crippen molar-refractivity contribution in [2.45, 2.75) is 32.4 Å². The summed E-state index contributed by atoms with van der Waals surface area (Å²) in [6.07, 6.45) is 8.00. The van der Waals surface area contributed by atoms with E-state index >= 15 is 0 Å². The zero-order valence-corrected chi connectivity index (χ0v) is 16.5. The molecular weight excluding hydrogens is 382 g/mol. The van der Waals surface area contributed by atoms with Crippen molar-refractivity contribution in [3.63, 3.8) is 0 Å². The highest BCUT2D eigenvalue weighted by Gasteiger charge is 2.30. The van der Waals surface area contributed by atoms with Crippen molar-refractivity contribution < 1.29 is 9.66 Å². The van der Waals surface area contributed by atoms with E-state index in [1.165, 1.54) is 0 Å². The van der Waals surface area contributed by atoms with E-state index in [4.69, 9.17) is 4.74 Å². The zero-order valence-electron chi connectivity index (χ0n) is 16.5. The smallest absolute Gasteiger partial charge is 0.242 e. The van der Waals surface area contributed by atoms with Crippen molar-refractivity contribution >= 4 is 17.4 Å². The molecule has 3 aromatic rings. The molecule has 1 unspecified atom stereocenters. The first-order chi connectivity index (χ1) is 14.6. The maximum Gasteiger partial charge on any atom is 0.242 e. The molecule has 8 heteroatoms. The molecule has 1 aliphatic carbocycles. The number of rotatable bonds is 7. The number of hydrogen-bond acceptors (Lipinski definition) is 7. The number of aryl methyl sites for hydroxylation is 1. The van der Waals surface area contributed by atoms with Crippen molar-refractivity contribution in [3.8, 4) is 0 Å². The van der Waals surface area contributed by atoms with Crippen LogP contribution in [0.1, 0.15) is 41.8 Å². The molecule has 1 aromatic carbocycles. The quantitative estimate of drug-likeness (QED) is 0.459. The van der Waals surface area contributed by atoms with E-state index in [9.17, 15) is 10.1 Å². The minimum absolute atomic E-state index is 0.247. The van der Waals surface area contributed by atoms with Crippen LogP contribution >= 0.6 is 0 Å². The second-order valence-corrected chi connectivity index (χ2v) is 6.90. The van der Waals surface area contributed by atoms with E-state index in [1.54, 1.807) is 30.7 Å². The Morgan fingerprint density at radius 2 is 2.10 bits per heavy atom. The van der Waals surface area contributed by atoms with E-state index in [0.717, 1.165) is 23.2 Å². The number of nitrogens with one attached hydrogen (secondary N) is 1. The monoisotopic (exact) mass is 403 g/mol. The second-order valence-electron chi connectivity index (χ2n) is 6.90. The molecule has 0 saturated heterocycles. The average molecular weight is 403 g/mol. The molecule has 1 aliphatic rings. The number of pyridine rings is 1. The van der Waals surface area contributed by atoms with Gasteiger partial charge in [0.2, 0.25) is 6.04 Å². The normalized spacial score (nSPS) is 15.1. The topological polar surface area (TPSA) is 103 Å². The van der Waals surface area contributed by atoms with Crippen LogP contribution in [-0.2, 0) is 17.8 Å². The fourth-order valence-corrected chi connectivity index (χ4v) is 3.37. The van der Waals surface area contributed by atoms with Crippen molar-refractivity contribution in [1.29, 1.82) is 0 Å². The van der Waals surface area contributed by atoms with Crippen LogP contribution in [0.2, 0.25) is 0 Å². The highest BCUT2D eigenvalue weighted by molar-refractivity contribution is 5.65. The van der Waals surface area contributed by atoms with E-state index in [2.05, 4.69) is 20.3 Å². The van der Waals surface area contributed by atoms with Crippen molar-refractivity contribution in [2.75, 3.05) is 5.32 Å². The number of aromatic nitrogens is 3. The van der Waals surface area contributed by atoms with Gasteiger partial charge in [0, 0.05) is 34.9 Å². The molecule has 1 atom stereocenters. The molecule has 0 bridgehead atoms. The lowest BCUT2D eigenvalue weighted by Gasteiger charge is -2.21. The predicted molar refractivity (Wildman–Crippen MR) is 112 cm³/mol. The first-order valence-corrected chi connectivity index (χ1v) is 9.72. The summed E-state index contributed by atoms with van der Waals surface area (Å²) in [4.78, 5) is 24.1. The molecule has 0 aliphatic heterocycles. The van der Waals surface area contributed by atoms with Crippen molar-refractivity contribution in [1.82, 2.24) is 15.0 Å². The Bertz CT molecular complexity index is 1100. The Labute approximate surface area is 173 Å². The Hall–Kier alpha value is -3.81. The first kappa shape index (κ1) is 19.5. The van der Waals surface area contributed by atoms with Gasteiger partial charge in [-0.15, -0.1) is 0 Å². The summed E-state index contributed by atoms with van der Waals surface area (Å²) in [6.45, 7) is 2.34. The minimum atomic E-state index is -0.731. The van der Waals surface area contributed by atoms with Crippen LogP contribution in [0.25, 0.3) is 5.76 Å². The summed E-state index contributed by atoms with van der Waals surface area (Å²) >= 11 is 0. The number of hydrogen-bond donors (Lipinski definition) is 1. The number of nitrogens with zero attached hydrogens (tertiary/aromatic N) is 4. The lowest BCUT2D eigenvalue weighted by atomic mass is 9.92. The van der Waals surface area contributed by atoms with Gasteiger partial charge in [0.05, 0.1) is 11.9 Å². The van der Waals surface area contributed by atoms with Crippen LogP contribution in [0.5, 0.6) is 0 Å². The van der Waals surface area contributed by atoms with Gasteiger partial charge >= 0.3 is 0 Å². The molecule has 8 nitrogen and oxygen atoms in total. The van der Waals surface area contributed by atoms with Crippen molar-refractivity contribution in [2.24, 2.45) is 0 Å². The van der Waals surface area contributed by atoms with Crippen LogP contribution in [0.3, 0.4) is 0 Å². The number of ether oxygens (including phenoxy) is 1. The summed E-state index contributed by atoms with van der Waals surface area (Å²) in [5.74, 6) is 1.94. The maximum absolute atomic E-state index is 11.3. The molecule has 2 aromatic heterocycles. The Morgan fingerprint density at radius 3 is 2.93 bits per heavy atom. The second kappa shape index (κ2) is 8.69. The molecule has 1 N–H and O–H groups in total. The fourth-order valence-electron chi connectivity index (χ4n) is 3.37. The zero-order chi connectivity index (χ0) is 20.9. The Kier molecular flexibility index (Phi) is 5.65. The third-order valence-corrected chi connectivity index (χ3v) is 4.89. The van der Waals surface area contributed by atoms with Gasteiger partial charge in [-0.3, -0.25) is 15.1 Å². The number of nitro groups is 1. The van der Waals surface area contributed by atoms with Gasteiger partial charge in [0.15, 0.2) is 0 Å². The van der Waals surface area contributed by atoms with E-state index in [1.807, 2.05) is 37.3 Å². The summed E-state index contributed by atoms with van der Waals surface area (Å²) in [7, 11) is 0. The standard InChI is InChI=1S/C22H21N5O3/c1-2-16-12-23-13-22(25-16)26-21-11-15(9-10-24-21)14-30-20-8-7-19(27(28)29)17-5-3-4-6-18(17)20/h3-6,8-13,19H,2,7,14H2,1H3,(H,24,25,26). The average Bonchev–Trinajstić information content (AvgIpc) is 2.77. The van der Waals surface area contributed by atoms with Gasteiger partial charge in [-0.25, -0.2) is 9.97 Å². The lowest BCUT2D eigenvalue weighted by molar-refractivity contribution is -0.528. The van der Waals surface area contributed by atoms with Gasteiger partial charge in [-0.05, 0) is 30.2 Å². The van der Waals surface area contributed by atoms with Gasteiger partial charge in [-0.2, -0.15) is 0 Å². The van der Waals surface area contributed by atoms with Gasteiger partial charge in [-0.1, -0.05) is 31.2 Å². The van der Waals surface area contributed by atoms with Gasteiger partial charge in [0.1, 0.15) is 24.0 Å². The van der Waals surface area contributed by atoms with Crippen LogP contribution in [-0.4, -0.2) is 19.9 Å². The molecule has 0 saturated carbocycles. The first-order valence-electron chi connectivity index (χ1n) is 9.72. The molecule has 0 spiro atoms. The molecule has 0 radical (unpaired) electrons. The molecule has 152 valence electrons. The highest BCUT2D eigenvalue weighted by Crippen LogP contribution is 2.35. The molecule has 2 heterocycles. The van der Waals surface area contributed by atoms with Gasteiger partial charge < -0.3 is 10.1 Å². The summed E-state index contributed by atoms with van der Waals surface area (Å²) in [5, 5.41) is 14.5. The number of anilines is 2. The number of benzene rings is 1. The largest absolute Gasteiger partial charge is 0.489 e. The molecule has 0 fully saturated rings. The summed E-state index contributed by atoms with van der Waals surface area (Å²) in [6, 6.07) is 10.3. The third-order valence-electron chi connectivity index (χ3n) is 4.89. The van der Waals surface area contributed by atoms with Crippen LogP contribution in [0.4, 0.5) is 11.6 Å². The predicted octanol–water partition coefficient (Wildman–Crippen LogP) is 4.46. The Balaban J connectivity index is 1.47. The highest BCUT2D eigenvalue weighted by atomic mass is 16.6. The van der Waals surface area contributed by atoms with E-state index in [0.29, 0.717) is 36.0 Å². The van der Waals surface area contributed by atoms with E-state index in [-0.39, 0.29) is 4.92 Å². The molecule has 30 heavy (non-hydrogen) atoms. The SMILES string of the molecule is CCc1cncc(Nc2cc(COC3=CCC([N+](=O)[O-])c4ccccc43)ccn2)n1. The molecule has 4 rings (SSSR count). The maximum atomic E-state index is 11.3. The minimum Gasteiger partial charge on any atom is -0.489 e. The van der Waals surface area contributed by atoms with Crippen molar-refractivity contribution in [3.05, 3.63) is 93.6 Å². The summed E-state index contributed by atoms with van der Waals surface area (Å²) < 4.78 is 6.02. The van der Waals surface area contributed by atoms with Crippen LogP contribution in [0.15, 0.2) is 61.1 Å². The van der Waals surface area contributed by atoms with Crippen LogP contribution < -0.4 is 5.32 Å². The van der Waals surface area contributed by atoms with Gasteiger partial charge in [0.25, 0.3) is 0 Å².